The van der Waals surface area contributed by atoms with Gasteiger partial charge in [0.05, 0.1) is 0 Å². The molecular weight excluding hydrogens is 184 g/mol. The summed E-state index contributed by atoms with van der Waals surface area (Å²) in [5, 5.41) is 10.7. The molecule has 0 spiro atoms. The van der Waals surface area contributed by atoms with Crippen molar-refractivity contribution in [3.8, 4) is 0 Å². The molecule has 2 amide bonds. The molecule has 0 aromatic rings. The highest BCUT2D eigenvalue weighted by Crippen LogP contribution is 1.99. The molecule has 0 saturated heterocycles. The van der Waals surface area contributed by atoms with Crippen molar-refractivity contribution in [2.45, 2.75) is 33.2 Å². The standard InChI is InChI=1S/C9H18N2O3/c1-4-5-11(7(2)3)9(14)10-6-8(12)13/h7H,4-6H2,1-3H3,(H,10,14)(H,12,13). The van der Waals surface area contributed by atoms with Crippen molar-refractivity contribution in [2.75, 3.05) is 13.1 Å². The maximum absolute atomic E-state index is 11.4. The summed E-state index contributed by atoms with van der Waals surface area (Å²) >= 11 is 0. The molecular formula is C9H18N2O3. The number of rotatable bonds is 5. The van der Waals surface area contributed by atoms with Crippen molar-refractivity contribution in [1.29, 1.82) is 0 Å². The second-order valence-electron chi connectivity index (χ2n) is 3.34. The molecule has 0 saturated carbocycles. The Morgan fingerprint density at radius 2 is 2.00 bits per heavy atom. The summed E-state index contributed by atoms with van der Waals surface area (Å²) in [5.41, 5.74) is 0. The molecule has 0 aliphatic heterocycles. The molecule has 2 N–H and O–H groups in total. The SMILES string of the molecule is CCCN(C(=O)NCC(=O)O)C(C)C. The number of aliphatic carboxylic acids is 1. The van der Waals surface area contributed by atoms with Gasteiger partial charge in [-0.25, -0.2) is 4.79 Å². The second-order valence-corrected chi connectivity index (χ2v) is 3.34. The summed E-state index contributed by atoms with van der Waals surface area (Å²) in [6.07, 6.45) is 0.860. The quantitative estimate of drug-likeness (QED) is 0.696. The lowest BCUT2D eigenvalue weighted by Gasteiger charge is -2.26. The van der Waals surface area contributed by atoms with Gasteiger partial charge in [-0.15, -0.1) is 0 Å². The maximum atomic E-state index is 11.4. The number of urea groups is 1. The van der Waals surface area contributed by atoms with Gasteiger partial charge in [0.15, 0.2) is 0 Å². The molecule has 0 aromatic heterocycles. The maximum Gasteiger partial charge on any atom is 0.323 e. The Morgan fingerprint density at radius 1 is 1.43 bits per heavy atom. The third-order valence-corrected chi connectivity index (χ3v) is 1.74. The first-order valence-corrected chi connectivity index (χ1v) is 4.75. The van der Waals surface area contributed by atoms with Crippen LogP contribution in [0.1, 0.15) is 27.2 Å². The molecule has 0 aliphatic rings. The molecule has 14 heavy (non-hydrogen) atoms. The van der Waals surface area contributed by atoms with Crippen LogP contribution in [0.4, 0.5) is 4.79 Å². The van der Waals surface area contributed by atoms with E-state index in [0.717, 1.165) is 6.42 Å². The monoisotopic (exact) mass is 202 g/mol. The van der Waals surface area contributed by atoms with Crippen LogP contribution in [0.2, 0.25) is 0 Å². The molecule has 0 fully saturated rings. The van der Waals surface area contributed by atoms with Crippen LogP contribution in [-0.4, -0.2) is 41.1 Å². The lowest BCUT2D eigenvalue weighted by atomic mass is 10.3. The highest BCUT2D eigenvalue weighted by Gasteiger charge is 2.15. The average molecular weight is 202 g/mol. The fraction of sp³-hybridized carbons (Fsp3) is 0.778. The van der Waals surface area contributed by atoms with Gasteiger partial charge >= 0.3 is 12.0 Å². The minimum absolute atomic E-state index is 0.0868. The predicted octanol–water partition coefficient (Wildman–Crippen LogP) is 0.901. The number of hydrogen-bond donors (Lipinski definition) is 2. The molecule has 0 aromatic carbocycles. The van der Waals surface area contributed by atoms with Crippen molar-refractivity contribution < 1.29 is 14.7 Å². The van der Waals surface area contributed by atoms with Gasteiger partial charge in [-0.05, 0) is 20.3 Å². The summed E-state index contributed by atoms with van der Waals surface area (Å²) < 4.78 is 0. The molecule has 0 heterocycles. The predicted molar refractivity (Wildman–Crippen MR) is 53.2 cm³/mol. The van der Waals surface area contributed by atoms with E-state index in [1.54, 1.807) is 4.90 Å². The molecule has 0 bridgehead atoms. The molecule has 0 atom stereocenters. The highest BCUT2D eigenvalue weighted by atomic mass is 16.4. The van der Waals surface area contributed by atoms with Crippen molar-refractivity contribution >= 4 is 12.0 Å². The van der Waals surface area contributed by atoms with E-state index in [2.05, 4.69) is 5.32 Å². The number of carboxylic acid groups (broad SMARTS) is 1. The number of hydrogen-bond acceptors (Lipinski definition) is 2. The Balaban J connectivity index is 4.08. The van der Waals surface area contributed by atoms with Gasteiger partial charge in [0.25, 0.3) is 0 Å². The zero-order valence-corrected chi connectivity index (χ0v) is 8.91. The van der Waals surface area contributed by atoms with Gasteiger partial charge in [0.1, 0.15) is 6.54 Å². The zero-order valence-electron chi connectivity index (χ0n) is 8.91. The molecule has 82 valence electrons. The molecule has 5 nitrogen and oxygen atoms in total. The van der Waals surface area contributed by atoms with E-state index in [9.17, 15) is 9.59 Å². The second kappa shape index (κ2) is 6.23. The first-order valence-electron chi connectivity index (χ1n) is 4.75. The number of nitrogens with one attached hydrogen (secondary N) is 1. The number of carbonyl (C=O) groups is 2. The Kier molecular flexibility index (Phi) is 5.67. The van der Waals surface area contributed by atoms with Gasteiger partial charge in [-0.2, -0.15) is 0 Å². The fourth-order valence-electron chi connectivity index (χ4n) is 1.09. The van der Waals surface area contributed by atoms with Crippen LogP contribution < -0.4 is 5.32 Å². The van der Waals surface area contributed by atoms with E-state index in [4.69, 9.17) is 5.11 Å². The van der Waals surface area contributed by atoms with Gasteiger partial charge in [-0.3, -0.25) is 4.79 Å². The smallest absolute Gasteiger partial charge is 0.323 e. The minimum Gasteiger partial charge on any atom is -0.480 e. The summed E-state index contributed by atoms with van der Waals surface area (Å²) in [7, 11) is 0. The van der Waals surface area contributed by atoms with Crippen molar-refractivity contribution in [3.05, 3.63) is 0 Å². The Bertz CT molecular complexity index is 204. The van der Waals surface area contributed by atoms with Crippen LogP contribution in [0.15, 0.2) is 0 Å². The molecule has 0 unspecified atom stereocenters. The topological polar surface area (TPSA) is 69.6 Å². The largest absolute Gasteiger partial charge is 0.480 e. The van der Waals surface area contributed by atoms with Gasteiger partial charge in [-0.1, -0.05) is 6.92 Å². The Labute approximate surface area is 84.1 Å². The number of amides is 2. The number of carboxylic acids is 1. The molecule has 0 radical (unpaired) electrons. The number of nitrogens with zero attached hydrogens (tertiary/aromatic N) is 1. The van der Waals surface area contributed by atoms with E-state index in [0.29, 0.717) is 6.54 Å². The summed E-state index contributed by atoms with van der Waals surface area (Å²) in [6.45, 7) is 6.08. The van der Waals surface area contributed by atoms with Crippen molar-refractivity contribution in [3.63, 3.8) is 0 Å². The average Bonchev–Trinajstić information content (AvgIpc) is 2.09. The minimum atomic E-state index is -1.03. The van der Waals surface area contributed by atoms with Crippen LogP contribution >= 0.6 is 0 Å². The highest BCUT2D eigenvalue weighted by molar-refractivity contribution is 5.80. The van der Waals surface area contributed by atoms with Crippen molar-refractivity contribution in [2.24, 2.45) is 0 Å². The van der Waals surface area contributed by atoms with Gasteiger partial charge in [0.2, 0.25) is 0 Å². The van der Waals surface area contributed by atoms with Crippen LogP contribution in [0.25, 0.3) is 0 Å². The first-order chi connectivity index (χ1) is 6.49. The first kappa shape index (κ1) is 12.7. The van der Waals surface area contributed by atoms with Gasteiger partial charge in [0, 0.05) is 12.6 Å². The fourth-order valence-corrected chi connectivity index (χ4v) is 1.09. The van der Waals surface area contributed by atoms with E-state index < -0.39 is 5.97 Å². The molecule has 0 rings (SSSR count). The third-order valence-electron chi connectivity index (χ3n) is 1.74. The van der Waals surface area contributed by atoms with Crippen LogP contribution in [0.5, 0.6) is 0 Å². The van der Waals surface area contributed by atoms with Crippen LogP contribution in [0, 0.1) is 0 Å². The summed E-state index contributed by atoms with van der Waals surface area (Å²) in [5.74, 6) is -1.03. The molecule has 5 heteroatoms. The zero-order chi connectivity index (χ0) is 11.1. The number of carbonyl (C=O) groups excluding carboxylic acids is 1. The van der Waals surface area contributed by atoms with E-state index in [1.807, 2.05) is 20.8 Å². The van der Waals surface area contributed by atoms with E-state index in [1.165, 1.54) is 0 Å². The lowest BCUT2D eigenvalue weighted by molar-refractivity contribution is -0.135. The third kappa shape index (κ3) is 4.69. The Hall–Kier alpha value is -1.26. The summed E-state index contributed by atoms with van der Waals surface area (Å²) in [4.78, 5) is 23.3. The van der Waals surface area contributed by atoms with E-state index in [-0.39, 0.29) is 18.6 Å². The summed E-state index contributed by atoms with van der Waals surface area (Å²) in [6, 6.07) is -0.229. The van der Waals surface area contributed by atoms with E-state index >= 15 is 0 Å². The van der Waals surface area contributed by atoms with Crippen LogP contribution in [0.3, 0.4) is 0 Å². The molecule has 0 aliphatic carbocycles. The Morgan fingerprint density at radius 3 is 2.36 bits per heavy atom. The van der Waals surface area contributed by atoms with Gasteiger partial charge < -0.3 is 15.3 Å². The van der Waals surface area contributed by atoms with Crippen molar-refractivity contribution in [1.82, 2.24) is 10.2 Å². The normalized spacial score (nSPS) is 10.0. The van der Waals surface area contributed by atoms with Crippen LogP contribution in [-0.2, 0) is 4.79 Å². The lowest BCUT2D eigenvalue weighted by Crippen LogP contribution is -2.45.